The van der Waals surface area contributed by atoms with Crippen molar-refractivity contribution in [2.75, 3.05) is 37.9 Å². The van der Waals surface area contributed by atoms with Crippen LogP contribution in [0.1, 0.15) is 12.5 Å². The Hall–Kier alpha value is -3.53. The van der Waals surface area contributed by atoms with Crippen molar-refractivity contribution in [3.8, 4) is 0 Å². The van der Waals surface area contributed by atoms with Gasteiger partial charge >= 0.3 is 0 Å². The molecular weight excluding hydrogens is 514 g/mol. The lowest BCUT2D eigenvalue weighted by Gasteiger charge is -2.22. The van der Waals surface area contributed by atoms with Crippen LogP contribution in [-0.4, -0.2) is 54.5 Å². The number of benzene rings is 3. The van der Waals surface area contributed by atoms with Gasteiger partial charge in [-0.05, 0) is 68.7 Å². The third-order valence-electron chi connectivity index (χ3n) is 5.94. The molecule has 0 spiro atoms. The Morgan fingerprint density at radius 1 is 1.00 bits per heavy atom. The number of amides is 2. The molecule has 38 heavy (non-hydrogen) atoms. The van der Waals surface area contributed by atoms with E-state index in [9.17, 15) is 9.59 Å². The number of carbonyl (C=O) groups is 2. The predicted octanol–water partition coefficient (Wildman–Crippen LogP) is 5.61. The minimum absolute atomic E-state index is 0.103. The van der Waals surface area contributed by atoms with Crippen molar-refractivity contribution in [3.05, 3.63) is 95.0 Å². The maximum atomic E-state index is 13.7. The fraction of sp³-hybridized carbons (Fsp3) is 0.207. The second kappa shape index (κ2) is 12.3. The van der Waals surface area contributed by atoms with E-state index in [1.165, 1.54) is 11.8 Å². The quantitative estimate of drug-likeness (QED) is 0.285. The largest absolute Gasteiger partial charge is 0.346 e. The van der Waals surface area contributed by atoms with Crippen molar-refractivity contribution in [2.24, 2.45) is 4.99 Å². The van der Waals surface area contributed by atoms with Crippen LogP contribution in [-0.2, 0) is 16.1 Å². The first-order valence-corrected chi connectivity index (χ1v) is 13.4. The molecule has 2 amide bonds. The van der Waals surface area contributed by atoms with Crippen LogP contribution in [0.3, 0.4) is 0 Å². The minimum atomic E-state index is -0.107. The maximum Gasteiger partial charge on any atom is 0.268 e. The van der Waals surface area contributed by atoms with E-state index in [0.29, 0.717) is 28.0 Å². The van der Waals surface area contributed by atoms with Crippen LogP contribution in [0.2, 0.25) is 0 Å². The fourth-order valence-corrected chi connectivity index (χ4v) is 5.33. The molecule has 1 saturated heterocycles. The van der Waals surface area contributed by atoms with E-state index >= 15 is 0 Å². The van der Waals surface area contributed by atoms with Crippen molar-refractivity contribution in [1.82, 2.24) is 9.80 Å². The molecule has 9 heteroatoms. The maximum absolute atomic E-state index is 13.7. The fourth-order valence-electron chi connectivity index (χ4n) is 3.95. The van der Waals surface area contributed by atoms with E-state index in [4.69, 9.17) is 4.99 Å². The summed E-state index contributed by atoms with van der Waals surface area (Å²) in [5.41, 5.74) is 4.03. The van der Waals surface area contributed by atoms with Crippen molar-refractivity contribution >= 4 is 58.4 Å². The number of rotatable bonds is 8. The summed E-state index contributed by atoms with van der Waals surface area (Å²) in [4.78, 5) is 37.8. The lowest BCUT2D eigenvalue weighted by atomic mass is 10.2. The van der Waals surface area contributed by atoms with Crippen molar-refractivity contribution in [3.63, 3.8) is 0 Å². The van der Waals surface area contributed by atoms with E-state index in [1.54, 1.807) is 9.80 Å². The van der Waals surface area contributed by atoms with Gasteiger partial charge in [0, 0.05) is 23.3 Å². The zero-order valence-corrected chi connectivity index (χ0v) is 23.6. The van der Waals surface area contributed by atoms with E-state index in [1.807, 2.05) is 112 Å². The van der Waals surface area contributed by atoms with Gasteiger partial charge in [-0.25, -0.2) is 4.99 Å². The van der Waals surface area contributed by atoms with Crippen LogP contribution in [0.5, 0.6) is 0 Å². The summed E-state index contributed by atoms with van der Waals surface area (Å²) in [5.74, 6) is -0.210. The zero-order chi connectivity index (χ0) is 27.2. The number of anilines is 2. The van der Waals surface area contributed by atoms with Crippen LogP contribution in [0.25, 0.3) is 0 Å². The Morgan fingerprint density at radius 2 is 1.71 bits per heavy atom. The Morgan fingerprint density at radius 3 is 2.42 bits per heavy atom. The molecule has 1 heterocycles. The number of hydrogen-bond donors (Lipinski definition) is 2. The summed E-state index contributed by atoms with van der Waals surface area (Å²) >= 11 is 5.94. The molecule has 7 nitrogen and oxygen atoms in total. The molecule has 0 radical (unpaired) electrons. The number of nitrogens with zero attached hydrogens (tertiary/aromatic N) is 4. The molecule has 0 atom stereocenters. The lowest BCUT2D eigenvalue weighted by Crippen LogP contribution is -2.29. The van der Waals surface area contributed by atoms with Gasteiger partial charge in [-0.15, -0.1) is 12.6 Å². The Bertz CT molecular complexity index is 1390. The number of thioether (sulfide) groups is 1. The van der Waals surface area contributed by atoms with E-state index in [2.05, 4.69) is 17.9 Å². The van der Waals surface area contributed by atoms with Crippen LogP contribution in [0.15, 0.2) is 99.4 Å². The number of hydrogen-bond acceptors (Lipinski definition) is 7. The monoisotopic (exact) mass is 545 g/mol. The number of thiol groups is 1. The Kier molecular flexibility index (Phi) is 8.93. The van der Waals surface area contributed by atoms with Gasteiger partial charge in [0.15, 0.2) is 5.17 Å². The van der Waals surface area contributed by atoms with Crippen molar-refractivity contribution < 1.29 is 9.59 Å². The molecule has 0 bridgehead atoms. The number of carbonyl (C=O) groups excluding carboxylic acids is 2. The summed E-state index contributed by atoms with van der Waals surface area (Å²) in [6.45, 7) is 2.61. The molecule has 0 aliphatic carbocycles. The minimum Gasteiger partial charge on any atom is -0.346 e. The molecule has 1 aliphatic rings. The third kappa shape index (κ3) is 6.66. The molecule has 1 aliphatic heterocycles. The van der Waals surface area contributed by atoms with Crippen LogP contribution in [0, 0.1) is 0 Å². The first-order chi connectivity index (χ1) is 18.2. The van der Waals surface area contributed by atoms with Gasteiger partial charge in [0.05, 0.1) is 29.4 Å². The van der Waals surface area contributed by atoms with Gasteiger partial charge in [-0.1, -0.05) is 48.5 Å². The average molecular weight is 546 g/mol. The normalized spacial score (nSPS) is 15.8. The van der Waals surface area contributed by atoms with Crippen molar-refractivity contribution in [1.29, 1.82) is 0 Å². The Labute approximate surface area is 233 Å². The number of nitrogens with one attached hydrogen (secondary N) is 1. The summed E-state index contributed by atoms with van der Waals surface area (Å²) in [7, 11) is 5.62. The van der Waals surface area contributed by atoms with Gasteiger partial charge in [0.25, 0.3) is 5.91 Å². The molecule has 0 saturated carbocycles. The number of para-hydroxylation sites is 1. The summed E-state index contributed by atoms with van der Waals surface area (Å²) in [5, 5.41) is 3.48. The topological polar surface area (TPSA) is 68.2 Å². The van der Waals surface area contributed by atoms with E-state index < -0.39 is 0 Å². The molecule has 4 rings (SSSR count). The summed E-state index contributed by atoms with van der Waals surface area (Å²) in [6, 6.07) is 25.0. The second-order valence-electron chi connectivity index (χ2n) is 9.17. The first kappa shape index (κ1) is 27.5. The van der Waals surface area contributed by atoms with Gasteiger partial charge in [-0.2, -0.15) is 0 Å². The van der Waals surface area contributed by atoms with Gasteiger partial charge < -0.3 is 15.1 Å². The average Bonchev–Trinajstić information content (AvgIpc) is 3.18. The SMILES string of the molecule is C/C(=C1\SC(=Nc2cccc(NC(=O)CN(C)C)c2)N(Cc2ccccc2)C1=O)N(C)c1ccccc1S. The summed E-state index contributed by atoms with van der Waals surface area (Å²) in [6.07, 6.45) is 0. The molecule has 0 unspecified atom stereocenters. The standard InChI is InChI=1S/C29H31N5O2S2/c1-20(33(4)24-15-8-9-16-25(24)37)27-28(36)34(18-21-11-6-5-7-12-21)29(38-27)31-23-14-10-13-22(17-23)30-26(35)19-32(2)3/h5-17,37H,18-19H2,1-4H3,(H,30,35)/b27-20+,31-29?. The number of amidine groups is 1. The van der Waals surface area contributed by atoms with Gasteiger partial charge in [-0.3, -0.25) is 14.5 Å². The third-order valence-corrected chi connectivity index (χ3v) is 7.48. The smallest absolute Gasteiger partial charge is 0.268 e. The molecule has 196 valence electrons. The highest BCUT2D eigenvalue weighted by atomic mass is 32.2. The second-order valence-corrected chi connectivity index (χ2v) is 10.6. The highest BCUT2D eigenvalue weighted by Gasteiger charge is 2.36. The lowest BCUT2D eigenvalue weighted by molar-refractivity contribution is -0.122. The van der Waals surface area contributed by atoms with Crippen LogP contribution >= 0.6 is 24.4 Å². The van der Waals surface area contributed by atoms with E-state index in [-0.39, 0.29) is 18.4 Å². The molecule has 1 N–H and O–H groups in total. The molecule has 1 fully saturated rings. The Balaban J connectivity index is 1.68. The highest BCUT2D eigenvalue weighted by Crippen LogP contribution is 2.38. The van der Waals surface area contributed by atoms with Gasteiger partial charge in [0.2, 0.25) is 5.91 Å². The molecule has 0 aromatic heterocycles. The van der Waals surface area contributed by atoms with E-state index in [0.717, 1.165) is 21.8 Å². The molecule has 3 aromatic carbocycles. The zero-order valence-electron chi connectivity index (χ0n) is 21.9. The number of allylic oxidation sites excluding steroid dienone is 1. The first-order valence-electron chi connectivity index (χ1n) is 12.1. The van der Waals surface area contributed by atoms with Gasteiger partial charge in [0.1, 0.15) is 0 Å². The van der Waals surface area contributed by atoms with Crippen LogP contribution < -0.4 is 10.2 Å². The summed E-state index contributed by atoms with van der Waals surface area (Å²) < 4.78 is 0. The molecular formula is C29H31N5O2S2. The predicted molar refractivity (Wildman–Crippen MR) is 160 cm³/mol. The molecule has 3 aromatic rings. The highest BCUT2D eigenvalue weighted by molar-refractivity contribution is 8.18. The van der Waals surface area contributed by atoms with Crippen LogP contribution in [0.4, 0.5) is 17.1 Å². The number of aliphatic imine (C=N–C) groups is 1. The van der Waals surface area contributed by atoms with Crippen molar-refractivity contribution in [2.45, 2.75) is 18.4 Å². The number of likely N-dealkylation sites (N-methyl/N-ethyl adjacent to an activating group) is 1.